The predicted molar refractivity (Wildman–Crippen MR) is 80.7 cm³/mol. The highest BCUT2D eigenvalue weighted by atomic mass is 33.1. The minimum Gasteiger partial charge on any atom is -0.350 e. The van der Waals surface area contributed by atoms with E-state index < -0.39 is 21.2 Å². The summed E-state index contributed by atoms with van der Waals surface area (Å²) in [6.45, 7) is 0. The van der Waals surface area contributed by atoms with Crippen molar-refractivity contribution in [3.8, 4) is 0 Å². The molecule has 13 heteroatoms. The molecule has 0 saturated heterocycles. The van der Waals surface area contributed by atoms with Crippen LogP contribution in [0.15, 0.2) is 23.1 Å². The van der Waals surface area contributed by atoms with Crippen molar-refractivity contribution in [2.45, 2.75) is 4.90 Å². The van der Waals surface area contributed by atoms with Crippen molar-refractivity contribution >= 4 is 43.4 Å². The highest BCUT2D eigenvalue weighted by Crippen LogP contribution is 2.34. The number of carbonyl (C=O) groups excluding carboxylic acids is 2. The van der Waals surface area contributed by atoms with E-state index >= 15 is 0 Å². The van der Waals surface area contributed by atoms with E-state index in [1.807, 2.05) is 0 Å². The van der Waals surface area contributed by atoms with Gasteiger partial charge in [-0.3, -0.25) is 4.18 Å². The van der Waals surface area contributed by atoms with Gasteiger partial charge in [0.25, 0.3) is 0 Å². The van der Waals surface area contributed by atoms with Crippen LogP contribution in [-0.2, 0) is 13.3 Å². The second-order valence-corrected chi connectivity index (χ2v) is 7.24. The Kier molecular flexibility index (Phi) is 5.56. The van der Waals surface area contributed by atoms with Crippen LogP contribution in [0.4, 0.5) is 21.0 Å². The maximum atomic E-state index is 11.4. The molecule has 0 aliphatic heterocycles. The largest absolute Gasteiger partial charge is 0.350 e. The maximum absolute atomic E-state index is 11.4. The van der Waals surface area contributed by atoms with Gasteiger partial charge in [0.1, 0.15) is 0 Å². The third-order valence-electron chi connectivity index (χ3n) is 2.34. The molecule has 0 spiro atoms. The van der Waals surface area contributed by atoms with Gasteiger partial charge in [-0.15, -0.1) is 0 Å². The highest BCUT2D eigenvalue weighted by Gasteiger charge is 2.21. The van der Waals surface area contributed by atoms with Gasteiger partial charge in [0.05, 0.1) is 18.5 Å². The van der Waals surface area contributed by atoms with Crippen molar-refractivity contribution in [2.75, 3.05) is 17.1 Å². The summed E-state index contributed by atoms with van der Waals surface area (Å²) in [6, 6.07) is 1.66. The molecular weight excluding hydrogens is 336 g/mol. The molecule has 122 valence electrons. The average molecular weight is 350 g/mol. The standard InChI is InChI=1S/C9H14N6O5S2/c1-20-22(18,19)21-5-2-3-6(14(12)8(10)16)7(4-5)15(13)9(11)17/h2-4H,12-13H2,1H3,(H2,10,16)(H2,11,17). The van der Waals surface area contributed by atoms with E-state index in [0.29, 0.717) is 20.8 Å². The van der Waals surface area contributed by atoms with Crippen LogP contribution in [0.25, 0.3) is 0 Å². The molecule has 0 radical (unpaired) electrons. The molecular formula is C9H14N6O5S2. The molecule has 8 N–H and O–H groups in total. The van der Waals surface area contributed by atoms with Crippen LogP contribution >= 0.6 is 10.8 Å². The van der Waals surface area contributed by atoms with Crippen molar-refractivity contribution in [3.63, 3.8) is 0 Å². The summed E-state index contributed by atoms with van der Waals surface area (Å²) in [5, 5.41) is 1.01. The minimum absolute atomic E-state index is 0.0482. The fourth-order valence-corrected chi connectivity index (χ4v) is 3.15. The lowest BCUT2D eigenvalue weighted by Gasteiger charge is -2.23. The molecule has 0 heterocycles. The van der Waals surface area contributed by atoms with Gasteiger partial charge in [-0.2, -0.15) is 8.42 Å². The summed E-state index contributed by atoms with van der Waals surface area (Å²) in [5.74, 6) is 10.9. The number of rotatable bonds is 5. The zero-order valence-electron chi connectivity index (χ0n) is 11.3. The van der Waals surface area contributed by atoms with Gasteiger partial charge in [-0.25, -0.2) is 31.3 Å². The zero-order chi connectivity index (χ0) is 17.1. The van der Waals surface area contributed by atoms with Crippen molar-refractivity contribution in [1.29, 1.82) is 0 Å². The number of amides is 4. The van der Waals surface area contributed by atoms with Gasteiger partial charge >= 0.3 is 21.2 Å². The van der Waals surface area contributed by atoms with Crippen molar-refractivity contribution in [2.24, 2.45) is 23.2 Å². The summed E-state index contributed by atoms with van der Waals surface area (Å²) >= 11 is 0. The Morgan fingerprint density at radius 2 is 1.59 bits per heavy atom. The number of benzene rings is 1. The summed E-state index contributed by atoms with van der Waals surface area (Å²) < 4.78 is 27.1. The molecule has 0 saturated carbocycles. The number of urea groups is 2. The molecule has 0 fully saturated rings. The SMILES string of the molecule is COS(=O)(=O)Sc1ccc(N(N)C(N)=O)c(N(N)C(N)=O)c1. The number of primary amides is 2. The second-order valence-electron chi connectivity index (χ2n) is 3.73. The van der Waals surface area contributed by atoms with Gasteiger partial charge in [0.2, 0.25) is 0 Å². The molecule has 0 aliphatic rings. The first-order valence-corrected chi connectivity index (χ1v) is 8.16. The Hall–Kier alpha value is -2.06. The van der Waals surface area contributed by atoms with Crippen LogP contribution in [-0.4, -0.2) is 27.6 Å². The number of anilines is 2. The Balaban J connectivity index is 3.37. The number of hydrogen-bond donors (Lipinski definition) is 4. The van der Waals surface area contributed by atoms with Crippen molar-refractivity contribution < 1.29 is 22.2 Å². The Labute approximate surface area is 129 Å². The third kappa shape index (κ3) is 4.22. The molecule has 1 aromatic rings. The average Bonchev–Trinajstić information content (AvgIpc) is 2.45. The molecule has 0 aromatic heterocycles. The summed E-state index contributed by atoms with van der Waals surface area (Å²) in [5.41, 5.74) is 9.92. The maximum Gasteiger partial charge on any atom is 0.333 e. The molecule has 22 heavy (non-hydrogen) atoms. The monoisotopic (exact) mass is 350 g/mol. The first-order valence-electron chi connectivity index (χ1n) is 5.41. The normalized spacial score (nSPS) is 11.0. The molecule has 1 aromatic carbocycles. The lowest BCUT2D eigenvalue weighted by Crippen LogP contribution is -2.46. The number of hydrogen-bond acceptors (Lipinski definition) is 8. The molecule has 0 atom stereocenters. The van der Waals surface area contributed by atoms with Gasteiger partial charge < -0.3 is 11.5 Å². The smallest absolute Gasteiger partial charge is 0.333 e. The van der Waals surface area contributed by atoms with Gasteiger partial charge in [0, 0.05) is 15.7 Å². The molecule has 1 rings (SSSR count). The van der Waals surface area contributed by atoms with E-state index in [0.717, 1.165) is 7.11 Å². The van der Waals surface area contributed by atoms with E-state index in [1.54, 1.807) is 0 Å². The quantitative estimate of drug-likeness (QED) is 0.229. The van der Waals surface area contributed by atoms with E-state index in [1.165, 1.54) is 18.2 Å². The Morgan fingerprint density at radius 3 is 2.05 bits per heavy atom. The Morgan fingerprint density at radius 1 is 1.09 bits per heavy atom. The number of nitrogens with two attached hydrogens (primary N) is 4. The van der Waals surface area contributed by atoms with E-state index in [4.69, 9.17) is 23.2 Å². The zero-order valence-corrected chi connectivity index (χ0v) is 12.9. The molecule has 0 aliphatic carbocycles. The fraction of sp³-hybridized carbons (Fsp3) is 0.111. The number of hydrazine groups is 2. The minimum atomic E-state index is -3.88. The molecule has 11 nitrogen and oxygen atoms in total. The summed E-state index contributed by atoms with van der Waals surface area (Å²) in [6.07, 6.45) is 0. The topological polar surface area (TPSA) is 188 Å². The van der Waals surface area contributed by atoms with Gasteiger partial charge in [-0.05, 0) is 18.2 Å². The lowest BCUT2D eigenvalue weighted by atomic mass is 10.2. The van der Waals surface area contributed by atoms with E-state index in [2.05, 4.69) is 4.18 Å². The van der Waals surface area contributed by atoms with Crippen LogP contribution in [0.1, 0.15) is 0 Å². The van der Waals surface area contributed by atoms with Crippen LogP contribution in [0, 0.1) is 0 Å². The first-order chi connectivity index (χ1) is 10.1. The van der Waals surface area contributed by atoms with E-state index in [9.17, 15) is 18.0 Å². The summed E-state index contributed by atoms with van der Waals surface area (Å²) in [4.78, 5) is 22.5. The lowest BCUT2D eigenvalue weighted by molar-refractivity contribution is 0.252. The van der Waals surface area contributed by atoms with Crippen molar-refractivity contribution in [3.05, 3.63) is 18.2 Å². The number of carbonyl (C=O) groups is 2. The van der Waals surface area contributed by atoms with Gasteiger partial charge in [0.15, 0.2) is 0 Å². The van der Waals surface area contributed by atoms with Crippen LogP contribution in [0.2, 0.25) is 0 Å². The van der Waals surface area contributed by atoms with Gasteiger partial charge in [-0.1, -0.05) is 0 Å². The second kappa shape index (κ2) is 6.80. The van der Waals surface area contributed by atoms with Crippen LogP contribution < -0.4 is 33.2 Å². The fourth-order valence-electron chi connectivity index (χ4n) is 1.34. The van der Waals surface area contributed by atoms with Crippen LogP contribution in [0.3, 0.4) is 0 Å². The number of nitrogens with zero attached hydrogens (tertiary/aromatic N) is 2. The summed E-state index contributed by atoms with van der Waals surface area (Å²) in [7, 11) is -2.53. The van der Waals surface area contributed by atoms with E-state index in [-0.39, 0.29) is 16.3 Å². The third-order valence-corrected chi connectivity index (χ3v) is 5.00. The highest BCUT2D eigenvalue weighted by molar-refractivity contribution is 8.70. The van der Waals surface area contributed by atoms with Crippen LogP contribution in [0.5, 0.6) is 0 Å². The molecule has 0 unspecified atom stereocenters. The molecule has 4 amide bonds. The predicted octanol–water partition coefficient (Wildman–Crippen LogP) is -0.812. The molecule has 0 bridgehead atoms. The first kappa shape index (κ1) is 18.0. The Bertz CT molecular complexity index is 694. The van der Waals surface area contributed by atoms with Crippen molar-refractivity contribution in [1.82, 2.24) is 0 Å².